The summed E-state index contributed by atoms with van der Waals surface area (Å²) < 4.78 is 5.05. The summed E-state index contributed by atoms with van der Waals surface area (Å²) >= 11 is 0. The lowest BCUT2D eigenvalue weighted by atomic mass is 10.1. The fourth-order valence-corrected chi connectivity index (χ4v) is 2.09. The molecule has 6 nitrogen and oxygen atoms in total. The number of anilines is 1. The maximum atomic E-state index is 11.1. The van der Waals surface area contributed by atoms with Crippen LogP contribution in [-0.2, 0) is 0 Å². The first kappa shape index (κ1) is 10.4. The number of nitrogens with one attached hydrogen (secondary N) is 3. The zero-order valence-corrected chi connectivity index (χ0v) is 10.1. The lowest BCUT2D eigenvalue weighted by molar-refractivity contribution is 0.555. The predicted molar refractivity (Wildman–Crippen MR) is 71.1 cm³/mol. The van der Waals surface area contributed by atoms with Gasteiger partial charge < -0.3 is 9.73 Å². The summed E-state index contributed by atoms with van der Waals surface area (Å²) in [6.45, 7) is 0. The number of aromatic nitrogens is 3. The van der Waals surface area contributed by atoms with Gasteiger partial charge in [0.15, 0.2) is 5.58 Å². The third kappa shape index (κ3) is 1.91. The monoisotopic (exact) mass is 256 g/mol. The number of aromatic amines is 2. The molecular formula is C13H12N4O2. The largest absolute Gasteiger partial charge is 0.417 e. The summed E-state index contributed by atoms with van der Waals surface area (Å²) in [5.41, 5.74) is 3.08. The molecule has 0 saturated heterocycles. The van der Waals surface area contributed by atoms with Crippen LogP contribution in [0.2, 0.25) is 0 Å². The van der Waals surface area contributed by atoms with Crippen molar-refractivity contribution >= 4 is 16.9 Å². The van der Waals surface area contributed by atoms with Gasteiger partial charge in [0, 0.05) is 17.7 Å². The molecule has 96 valence electrons. The number of H-pyrrole nitrogens is 2. The second-order valence-electron chi connectivity index (χ2n) is 4.81. The van der Waals surface area contributed by atoms with Crippen molar-refractivity contribution in [2.75, 3.05) is 5.32 Å². The van der Waals surface area contributed by atoms with E-state index in [0.29, 0.717) is 17.1 Å². The Morgan fingerprint density at radius 2 is 2.21 bits per heavy atom. The Hall–Kier alpha value is -2.50. The fraction of sp³-hybridized carbons (Fsp3) is 0.231. The number of fused-ring (bicyclic) bond motifs is 1. The lowest BCUT2D eigenvalue weighted by Gasteiger charge is -1.97. The molecule has 2 aromatic heterocycles. The maximum Gasteiger partial charge on any atom is 0.417 e. The molecular weight excluding hydrogens is 244 g/mol. The van der Waals surface area contributed by atoms with Gasteiger partial charge in [0.2, 0.25) is 0 Å². The van der Waals surface area contributed by atoms with Crippen LogP contribution < -0.4 is 11.1 Å². The van der Waals surface area contributed by atoms with Crippen LogP contribution in [0.4, 0.5) is 5.82 Å². The van der Waals surface area contributed by atoms with Crippen LogP contribution in [0, 0.1) is 0 Å². The highest BCUT2D eigenvalue weighted by Crippen LogP contribution is 2.27. The molecule has 6 heteroatoms. The van der Waals surface area contributed by atoms with Gasteiger partial charge >= 0.3 is 5.76 Å². The summed E-state index contributed by atoms with van der Waals surface area (Å²) in [7, 11) is 0. The number of benzene rings is 1. The van der Waals surface area contributed by atoms with Gasteiger partial charge in [0.1, 0.15) is 5.82 Å². The van der Waals surface area contributed by atoms with Gasteiger partial charge in [-0.3, -0.25) is 10.1 Å². The topological polar surface area (TPSA) is 86.7 Å². The third-order valence-corrected chi connectivity index (χ3v) is 3.24. The summed E-state index contributed by atoms with van der Waals surface area (Å²) in [5.74, 6) is 0.418. The van der Waals surface area contributed by atoms with Crippen molar-refractivity contribution in [3.63, 3.8) is 0 Å². The summed E-state index contributed by atoms with van der Waals surface area (Å²) in [5, 5.41) is 10.5. The maximum absolute atomic E-state index is 11.1. The van der Waals surface area contributed by atoms with E-state index < -0.39 is 5.76 Å². The first-order chi connectivity index (χ1) is 9.28. The zero-order chi connectivity index (χ0) is 12.8. The van der Waals surface area contributed by atoms with Crippen LogP contribution in [0.1, 0.15) is 12.8 Å². The molecule has 3 N–H and O–H groups in total. The quantitative estimate of drug-likeness (QED) is 0.669. The van der Waals surface area contributed by atoms with Crippen molar-refractivity contribution in [2.24, 2.45) is 0 Å². The van der Waals surface area contributed by atoms with E-state index in [1.165, 1.54) is 12.8 Å². The van der Waals surface area contributed by atoms with E-state index >= 15 is 0 Å². The van der Waals surface area contributed by atoms with Crippen molar-refractivity contribution in [2.45, 2.75) is 18.9 Å². The van der Waals surface area contributed by atoms with E-state index in [1.54, 1.807) is 0 Å². The van der Waals surface area contributed by atoms with E-state index in [2.05, 4.69) is 20.5 Å². The van der Waals surface area contributed by atoms with E-state index in [0.717, 1.165) is 17.1 Å². The second kappa shape index (κ2) is 3.74. The van der Waals surface area contributed by atoms with Crippen LogP contribution >= 0.6 is 0 Å². The molecule has 1 aliphatic rings. The average Bonchev–Trinajstić information content (AvgIpc) is 2.94. The Morgan fingerprint density at radius 3 is 3.05 bits per heavy atom. The second-order valence-corrected chi connectivity index (χ2v) is 4.81. The molecule has 2 heterocycles. The first-order valence-electron chi connectivity index (χ1n) is 6.23. The first-order valence-corrected chi connectivity index (χ1v) is 6.23. The van der Waals surface area contributed by atoms with Crippen molar-refractivity contribution in [1.29, 1.82) is 0 Å². The van der Waals surface area contributed by atoms with Gasteiger partial charge in [-0.1, -0.05) is 6.07 Å². The molecule has 0 bridgehead atoms. The number of nitrogens with zero attached hydrogens (tertiary/aromatic N) is 1. The molecule has 0 atom stereocenters. The Labute approximate surface area is 107 Å². The van der Waals surface area contributed by atoms with Gasteiger partial charge in [0.05, 0.1) is 11.2 Å². The molecule has 1 fully saturated rings. The van der Waals surface area contributed by atoms with Crippen LogP contribution in [0.3, 0.4) is 0 Å². The number of hydrogen-bond donors (Lipinski definition) is 3. The molecule has 4 rings (SSSR count). The van der Waals surface area contributed by atoms with Crippen LogP contribution in [0.5, 0.6) is 0 Å². The number of hydrogen-bond acceptors (Lipinski definition) is 4. The van der Waals surface area contributed by atoms with Crippen molar-refractivity contribution < 1.29 is 4.42 Å². The summed E-state index contributed by atoms with van der Waals surface area (Å²) in [4.78, 5) is 13.7. The minimum absolute atomic E-state index is 0.437. The third-order valence-electron chi connectivity index (χ3n) is 3.24. The number of oxazole rings is 1. The molecule has 0 aliphatic heterocycles. The van der Waals surface area contributed by atoms with Gasteiger partial charge in [-0.15, -0.1) is 0 Å². The molecule has 0 radical (unpaired) electrons. The standard InChI is InChI=1S/C13H12N4O2/c18-13-15-9-4-1-7(5-11(9)19-13)10-6-12(17-16-10)14-8-2-3-8/h1,4-6,8H,2-3H2,(H,15,18)(H2,14,16,17). The molecule has 1 aliphatic carbocycles. The van der Waals surface area contributed by atoms with Crippen LogP contribution in [-0.4, -0.2) is 21.2 Å². The lowest BCUT2D eigenvalue weighted by Crippen LogP contribution is -2.00. The average molecular weight is 256 g/mol. The van der Waals surface area contributed by atoms with Crippen LogP contribution in [0.15, 0.2) is 33.5 Å². The summed E-state index contributed by atoms with van der Waals surface area (Å²) in [6, 6.07) is 8.10. The molecule has 3 aromatic rings. The van der Waals surface area contributed by atoms with Gasteiger partial charge in [-0.05, 0) is 25.0 Å². The molecule has 0 amide bonds. The highest BCUT2D eigenvalue weighted by molar-refractivity contribution is 5.79. The zero-order valence-electron chi connectivity index (χ0n) is 10.1. The highest BCUT2D eigenvalue weighted by Gasteiger charge is 2.21. The Morgan fingerprint density at radius 1 is 1.32 bits per heavy atom. The van der Waals surface area contributed by atoms with Crippen molar-refractivity contribution in [3.05, 3.63) is 34.8 Å². The molecule has 0 unspecified atom stereocenters. The van der Waals surface area contributed by atoms with E-state index in [1.807, 2.05) is 24.3 Å². The van der Waals surface area contributed by atoms with E-state index in [-0.39, 0.29) is 0 Å². The number of rotatable bonds is 3. The molecule has 0 spiro atoms. The molecule has 1 aromatic carbocycles. The van der Waals surface area contributed by atoms with Gasteiger partial charge in [-0.2, -0.15) is 5.10 Å². The van der Waals surface area contributed by atoms with Gasteiger partial charge in [-0.25, -0.2) is 4.79 Å². The van der Waals surface area contributed by atoms with Crippen LogP contribution in [0.25, 0.3) is 22.4 Å². The molecule has 19 heavy (non-hydrogen) atoms. The fourth-order valence-electron chi connectivity index (χ4n) is 2.09. The van der Waals surface area contributed by atoms with Crippen molar-refractivity contribution in [3.8, 4) is 11.3 Å². The Kier molecular flexibility index (Phi) is 2.05. The Balaban J connectivity index is 1.71. The minimum atomic E-state index is -0.437. The highest BCUT2D eigenvalue weighted by atomic mass is 16.4. The predicted octanol–water partition coefficient (Wildman–Crippen LogP) is 2.09. The smallest absolute Gasteiger partial charge is 0.408 e. The van der Waals surface area contributed by atoms with E-state index in [4.69, 9.17) is 4.42 Å². The Bertz CT molecular complexity index is 794. The molecule has 1 saturated carbocycles. The summed E-state index contributed by atoms with van der Waals surface area (Å²) in [6.07, 6.45) is 2.42. The normalized spacial score (nSPS) is 14.9. The minimum Gasteiger partial charge on any atom is -0.408 e. The van der Waals surface area contributed by atoms with E-state index in [9.17, 15) is 4.79 Å². The SMILES string of the molecule is O=c1[nH]c2ccc(-c3cc(NC4CC4)n[nH]3)cc2o1. The van der Waals surface area contributed by atoms with Gasteiger partial charge in [0.25, 0.3) is 0 Å². The van der Waals surface area contributed by atoms with Crippen molar-refractivity contribution in [1.82, 2.24) is 15.2 Å².